The number of hydrogen-bond donors (Lipinski definition) is 2. The van der Waals surface area contributed by atoms with Crippen LogP contribution in [0.4, 0.5) is 10.2 Å². The van der Waals surface area contributed by atoms with Crippen LogP contribution in [0, 0.1) is 24.1 Å². The Labute approximate surface area is 142 Å². The first kappa shape index (κ1) is 16.6. The molecule has 0 spiro atoms. The van der Waals surface area contributed by atoms with Crippen molar-refractivity contribution in [2.45, 2.75) is 32.4 Å². The molecular weight excluding hydrogens is 327 g/mol. The number of aromatic nitrogens is 2. The molecule has 3 rings (SSSR count). The number of hydrogen-bond acceptors (Lipinski definition) is 5. The zero-order valence-electron chi connectivity index (χ0n) is 13.4. The molecule has 2 heterocycles. The standard InChI is InChI=1S/C17H15FN4O3/c1-9-4-10(6-11(18)5-9)8-20-15-16(23)22-13(12(7-19)21-15)2-3-14(22)17(24)25/h4-6,14H,2-3,8H2,1H3,(H,20,21)(H,24,25)/t14-/m0/s1. The minimum Gasteiger partial charge on any atom is -0.480 e. The second-order valence-corrected chi connectivity index (χ2v) is 5.93. The lowest BCUT2D eigenvalue weighted by atomic mass is 10.1. The van der Waals surface area contributed by atoms with E-state index in [9.17, 15) is 24.3 Å². The summed E-state index contributed by atoms with van der Waals surface area (Å²) in [7, 11) is 0. The average molecular weight is 342 g/mol. The number of benzene rings is 1. The van der Waals surface area contributed by atoms with Crippen LogP contribution < -0.4 is 10.9 Å². The van der Waals surface area contributed by atoms with Crippen LogP contribution in [0.5, 0.6) is 0 Å². The molecule has 0 fully saturated rings. The van der Waals surface area contributed by atoms with Crippen LogP contribution in [-0.2, 0) is 17.8 Å². The molecule has 0 amide bonds. The Balaban J connectivity index is 1.97. The topological polar surface area (TPSA) is 108 Å². The lowest BCUT2D eigenvalue weighted by molar-refractivity contribution is -0.140. The molecule has 1 aromatic heterocycles. The predicted octanol–water partition coefficient (Wildman–Crippen LogP) is 1.75. The van der Waals surface area contributed by atoms with Crippen LogP contribution in [0.3, 0.4) is 0 Å². The van der Waals surface area contributed by atoms with Crippen molar-refractivity contribution in [3.63, 3.8) is 0 Å². The molecule has 0 bridgehead atoms. The normalized spacial score (nSPS) is 15.5. The first-order valence-electron chi connectivity index (χ1n) is 7.69. The summed E-state index contributed by atoms with van der Waals surface area (Å²) in [6.45, 7) is 1.88. The molecule has 8 heteroatoms. The fraction of sp³-hybridized carbons (Fsp3) is 0.294. The van der Waals surface area contributed by atoms with Crippen molar-refractivity contribution in [3.8, 4) is 6.07 Å². The molecule has 0 saturated carbocycles. The van der Waals surface area contributed by atoms with Crippen molar-refractivity contribution in [3.05, 3.63) is 56.9 Å². The van der Waals surface area contributed by atoms with E-state index in [1.165, 1.54) is 12.1 Å². The summed E-state index contributed by atoms with van der Waals surface area (Å²) in [6.07, 6.45) is 0.555. The van der Waals surface area contributed by atoms with Gasteiger partial charge in [-0.3, -0.25) is 9.36 Å². The van der Waals surface area contributed by atoms with Gasteiger partial charge in [0.2, 0.25) is 0 Å². The molecule has 1 aliphatic rings. The van der Waals surface area contributed by atoms with E-state index in [0.717, 1.165) is 10.1 Å². The van der Waals surface area contributed by atoms with Gasteiger partial charge in [-0.25, -0.2) is 14.2 Å². The minimum absolute atomic E-state index is 0.0290. The van der Waals surface area contributed by atoms with Crippen molar-refractivity contribution in [1.29, 1.82) is 5.26 Å². The van der Waals surface area contributed by atoms with Crippen molar-refractivity contribution in [2.75, 3.05) is 5.32 Å². The highest BCUT2D eigenvalue weighted by Crippen LogP contribution is 2.26. The highest BCUT2D eigenvalue weighted by Gasteiger charge is 2.32. The number of anilines is 1. The summed E-state index contributed by atoms with van der Waals surface area (Å²) in [5.74, 6) is -1.63. The van der Waals surface area contributed by atoms with Gasteiger partial charge in [-0.15, -0.1) is 0 Å². The van der Waals surface area contributed by atoms with Gasteiger partial charge in [-0.1, -0.05) is 6.07 Å². The Kier molecular flexibility index (Phi) is 4.23. The summed E-state index contributed by atoms with van der Waals surface area (Å²) < 4.78 is 14.6. The Bertz CT molecular complexity index is 941. The number of nitrogens with zero attached hydrogens (tertiary/aromatic N) is 3. The molecule has 0 aliphatic carbocycles. The summed E-state index contributed by atoms with van der Waals surface area (Å²) in [5.41, 5.74) is 1.12. The van der Waals surface area contributed by atoms with Crippen molar-refractivity contribution < 1.29 is 14.3 Å². The largest absolute Gasteiger partial charge is 0.480 e. The highest BCUT2D eigenvalue weighted by atomic mass is 19.1. The zero-order valence-corrected chi connectivity index (χ0v) is 13.4. The van der Waals surface area contributed by atoms with Crippen molar-refractivity contribution in [2.24, 2.45) is 0 Å². The van der Waals surface area contributed by atoms with Crippen LogP contribution in [0.15, 0.2) is 23.0 Å². The van der Waals surface area contributed by atoms with Crippen LogP contribution in [0.2, 0.25) is 0 Å². The van der Waals surface area contributed by atoms with E-state index in [4.69, 9.17) is 0 Å². The maximum absolute atomic E-state index is 13.5. The molecule has 1 aromatic carbocycles. The number of nitrogens with one attached hydrogen (secondary N) is 1. The average Bonchev–Trinajstić information content (AvgIpc) is 2.99. The van der Waals surface area contributed by atoms with Crippen LogP contribution in [0.25, 0.3) is 0 Å². The molecule has 25 heavy (non-hydrogen) atoms. The number of carboxylic acids is 1. The number of rotatable bonds is 4. The zero-order chi connectivity index (χ0) is 18.1. The Morgan fingerprint density at radius 3 is 2.92 bits per heavy atom. The lowest BCUT2D eigenvalue weighted by Gasteiger charge is -2.13. The first-order valence-corrected chi connectivity index (χ1v) is 7.69. The number of fused-ring (bicyclic) bond motifs is 1. The van der Waals surface area contributed by atoms with E-state index in [0.29, 0.717) is 17.7 Å². The molecular formula is C17H15FN4O3. The van der Waals surface area contributed by atoms with Crippen molar-refractivity contribution >= 4 is 11.8 Å². The molecule has 1 aliphatic heterocycles. The molecule has 2 aromatic rings. The molecule has 0 unspecified atom stereocenters. The predicted molar refractivity (Wildman–Crippen MR) is 86.7 cm³/mol. The fourth-order valence-electron chi connectivity index (χ4n) is 3.08. The number of carboxylic acid groups (broad SMARTS) is 1. The third-order valence-corrected chi connectivity index (χ3v) is 4.13. The highest BCUT2D eigenvalue weighted by molar-refractivity contribution is 5.73. The van der Waals surface area contributed by atoms with Crippen LogP contribution >= 0.6 is 0 Å². The fourth-order valence-corrected chi connectivity index (χ4v) is 3.08. The molecule has 2 N–H and O–H groups in total. The van der Waals surface area contributed by atoms with E-state index < -0.39 is 17.6 Å². The van der Waals surface area contributed by atoms with Gasteiger partial charge >= 0.3 is 5.97 Å². The van der Waals surface area contributed by atoms with Gasteiger partial charge in [0.05, 0.1) is 5.69 Å². The van der Waals surface area contributed by atoms with Gasteiger partial charge < -0.3 is 10.4 Å². The van der Waals surface area contributed by atoms with E-state index in [1.807, 2.05) is 6.07 Å². The van der Waals surface area contributed by atoms with Gasteiger partial charge in [0.15, 0.2) is 11.5 Å². The quantitative estimate of drug-likeness (QED) is 0.876. The Morgan fingerprint density at radius 2 is 2.28 bits per heavy atom. The van der Waals surface area contributed by atoms with Gasteiger partial charge in [0.25, 0.3) is 5.56 Å². The number of aryl methyl sites for hydroxylation is 1. The SMILES string of the molecule is Cc1cc(F)cc(CNc2nc(C#N)c3n(c2=O)[C@H](C(=O)O)CC3)c1. The summed E-state index contributed by atoms with van der Waals surface area (Å²) >= 11 is 0. The second kappa shape index (κ2) is 6.36. The maximum Gasteiger partial charge on any atom is 0.326 e. The Morgan fingerprint density at radius 1 is 1.52 bits per heavy atom. The van der Waals surface area contributed by atoms with E-state index in [-0.39, 0.29) is 30.3 Å². The van der Waals surface area contributed by atoms with Gasteiger partial charge in [-0.05, 0) is 43.0 Å². The molecule has 0 saturated heterocycles. The van der Waals surface area contributed by atoms with Crippen LogP contribution in [-0.4, -0.2) is 20.6 Å². The molecule has 0 radical (unpaired) electrons. The molecule has 7 nitrogen and oxygen atoms in total. The smallest absolute Gasteiger partial charge is 0.326 e. The number of halogens is 1. The van der Waals surface area contributed by atoms with Crippen LogP contribution in [0.1, 0.15) is 35.0 Å². The maximum atomic E-state index is 13.5. The molecule has 128 valence electrons. The van der Waals surface area contributed by atoms with Crippen molar-refractivity contribution in [1.82, 2.24) is 9.55 Å². The number of nitriles is 1. The third kappa shape index (κ3) is 3.08. The second-order valence-electron chi connectivity index (χ2n) is 5.93. The van der Waals surface area contributed by atoms with E-state index in [2.05, 4.69) is 10.3 Å². The van der Waals surface area contributed by atoms with Gasteiger partial charge in [0, 0.05) is 6.54 Å². The monoisotopic (exact) mass is 342 g/mol. The van der Waals surface area contributed by atoms with E-state index in [1.54, 1.807) is 13.0 Å². The number of aliphatic carboxylic acids is 1. The Hall–Kier alpha value is -3.21. The lowest BCUT2D eigenvalue weighted by Crippen LogP contribution is -2.31. The summed E-state index contributed by atoms with van der Waals surface area (Å²) in [5, 5.41) is 21.3. The molecule has 1 atom stereocenters. The summed E-state index contributed by atoms with van der Waals surface area (Å²) in [6, 6.07) is 5.37. The van der Waals surface area contributed by atoms with E-state index >= 15 is 0 Å². The number of carbonyl (C=O) groups is 1. The van der Waals surface area contributed by atoms with Gasteiger partial charge in [0.1, 0.15) is 17.9 Å². The first-order chi connectivity index (χ1) is 11.9. The third-order valence-electron chi connectivity index (χ3n) is 4.13. The summed E-state index contributed by atoms with van der Waals surface area (Å²) in [4.78, 5) is 28.0. The van der Waals surface area contributed by atoms with Gasteiger partial charge in [-0.2, -0.15) is 5.26 Å². The minimum atomic E-state index is -1.12.